The van der Waals surface area contributed by atoms with E-state index < -0.39 is 0 Å². The van der Waals surface area contributed by atoms with Gasteiger partial charge in [-0.05, 0) is 12.1 Å². The maximum absolute atomic E-state index is 11.1. The fraction of sp³-hybridized carbons (Fsp3) is 0.455. The SMILES string of the molecule is O=C(CCl)Nc1ccc(N2CCOCC2)nc1. The highest BCUT2D eigenvalue weighted by atomic mass is 35.5. The number of ether oxygens (including phenoxy) is 1. The third kappa shape index (κ3) is 3.31. The van der Waals surface area contributed by atoms with E-state index in [1.54, 1.807) is 6.20 Å². The highest BCUT2D eigenvalue weighted by molar-refractivity contribution is 6.29. The summed E-state index contributed by atoms with van der Waals surface area (Å²) in [6.07, 6.45) is 1.63. The minimum absolute atomic E-state index is 0.0504. The summed E-state index contributed by atoms with van der Waals surface area (Å²) in [5, 5.41) is 2.65. The zero-order valence-corrected chi connectivity index (χ0v) is 10.1. The van der Waals surface area contributed by atoms with Gasteiger partial charge >= 0.3 is 0 Å². The molecule has 1 aliphatic rings. The topological polar surface area (TPSA) is 54.5 Å². The molecule has 0 radical (unpaired) electrons. The van der Waals surface area contributed by atoms with Gasteiger partial charge in [-0.2, -0.15) is 0 Å². The summed E-state index contributed by atoms with van der Waals surface area (Å²) >= 11 is 5.40. The number of hydrogen-bond acceptors (Lipinski definition) is 4. The lowest BCUT2D eigenvalue weighted by atomic mass is 10.3. The van der Waals surface area contributed by atoms with Gasteiger partial charge in [0.2, 0.25) is 5.91 Å². The van der Waals surface area contributed by atoms with E-state index in [2.05, 4.69) is 15.2 Å². The van der Waals surface area contributed by atoms with Crippen molar-refractivity contribution in [1.29, 1.82) is 0 Å². The molecule has 0 unspecified atom stereocenters. The first-order valence-corrected chi connectivity index (χ1v) is 5.97. The molecule has 2 rings (SSSR count). The van der Waals surface area contributed by atoms with Gasteiger partial charge in [-0.25, -0.2) is 4.98 Å². The molecule has 1 amide bonds. The molecular weight excluding hydrogens is 242 g/mol. The van der Waals surface area contributed by atoms with E-state index >= 15 is 0 Å². The standard InChI is InChI=1S/C11H14ClN3O2/c12-7-11(16)14-9-1-2-10(13-8-9)15-3-5-17-6-4-15/h1-2,8H,3-7H2,(H,14,16). The lowest BCUT2D eigenvalue weighted by Crippen LogP contribution is -2.36. The summed E-state index contributed by atoms with van der Waals surface area (Å²) in [6.45, 7) is 3.15. The first kappa shape index (κ1) is 12.1. The van der Waals surface area contributed by atoms with Gasteiger partial charge in [-0.15, -0.1) is 11.6 Å². The van der Waals surface area contributed by atoms with E-state index in [9.17, 15) is 4.79 Å². The summed E-state index contributed by atoms with van der Waals surface area (Å²) in [4.78, 5) is 17.5. The molecule has 5 nitrogen and oxygen atoms in total. The van der Waals surface area contributed by atoms with Crippen molar-refractivity contribution in [2.45, 2.75) is 0 Å². The minimum atomic E-state index is -0.229. The van der Waals surface area contributed by atoms with Gasteiger partial charge < -0.3 is 15.0 Å². The van der Waals surface area contributed by atoms with E-state index in [0.29, 0.717) is 5.69 Å². The number of alkyl halides is 1. The number of nitrogens with one attached hydrogen (secondary N) is 1. The van der Waals surface area contributed by atoms with E-state index in [-0.39, 0.29) is 11.8 Å². The molecule has 0 atom stereocenters. The Balaban J connectivity index is 1.99. The molecule has 2 heterocycles. The normalized spacial score (nSPS) is 15.7. The van der Waals surface area contributed by atoms with Crippen LogP contribution in [0.3, 0.4) is 0 Å². The first-order valence-electron chi connectivity index (χ1n) is 5.44. The Morgan fingerprint density at radius 2 is 2.24 bits per heavy atom. The van der Waals surface area contributed by atoms with E-state index in [4.69, 9.17) is 16.3 Å². The van der Waals surface area contributed by atoms with Crippen LogP contribution in [-0.4, -0.2) is 43.1 Å². The molecule has 6 heteroatoms. The van der Waals surface area contributed by atoms with Crippen molar-refractivity contribution >= 4 is 29.0 Å². The third-order valence-corrected chi connectivity index (χ3v) is 2.73. The monoisotopic (exact) mass is 255 g/mol. The van der Waals surface area contributed by atoms with Crippen molar-refractivity contribution in [3.63, 3.8) is 0 Å². The maximum atomic E-state index is 11.1. The molecule has 1 aliphatic heterocycles. The van der Waals surface area contributed by atoms with Crippen LogP contribution >= 0.6 is 11.6 Å². The number of carbonyl (C=O) groups excluding carboxylic acids is 1. The number of amides is 1. The van der Waals surface area contributed by atoms with Crippen molar-refractivity contribution in [2.75, 3.05) is 42.4 Å². The molecule has 0 bridgehead atoms. The number of nitrogens with zero attached hydrogens (tertiary/aromatic N) is 2. The first-order chi connectivity index (χ1) is 8.29. The zero-order chi connectivity index (χ0) is 12.1. The zero-order valence-electron chi connectivity index (χ0n) is 9.36. The molecule has 1 aromatic rings. The second kappa shape index (κ2) is 5.84. The van der Waals surface area contributed by atoms with Gasteiger partial charge in [0.05, 0.1) is 25.1 Å². The molecule has 1 N–H and O–H groups in total. The number of carbonyl (C=O) groups is 1. The molecule has 0 saturated carbocycles. The predicted molar refractivity (Wildman–Crippen MR) is 66.6 cm³/mol. The average molecular weight is 256 g/mol. The molecule has 1 fully saturated rings. The number of aromatic nitrogens is 1. The van der Waals surface area contributed by atoms with E-state index in [1.807, 2.05) is 12.1 Å². The van der Waals surface area contributed by atoms with E-state index in [1.165, 1.54) is 0 Å². The van der Waals surface area contributed by atoms with Crippen LogP contribution in [-0.2, 0) is 9.53 Å². The quantitative estimate of drug-likeness (QED) is 0.822. The van der Waals surface area contributed by atoms with Crippen LogP contribution in [0.25, 0.3) is 0 Å². The van der Waals surface area contributed by atoms with Crippen LogP contribution in [0.4, 0.5) is 11.5 Å². The Labute approximate surface area is 105 Å². The predicted octanol–water partition coefficient (Wildman–Crippen LogP) is 1.10. The average Bonchev–Trinajstić information content (AvgIpc) is 2.40. The summed E-state index contributed by atoms with van der Waals surface area (Å²) in [5.41, 5.74) is 0.660. The Bertz CT molecular complexity index is 377. The van der Waals surface area contributed by atoms with E-state index in [0.717, 1.165) is 32.1 Å². The van der Waals surface area contributed by atoms with Crippen molar-refractivity contribution in [3.05, 3.63) is 18.3 Å². The number of anilines is 2. The summed E-state index contributed by atoms with van der Waals surface area (Å²) < 4.78 is 5.27. The summed E-state index contributed by atoms with van der Waals surface area (Å²) in [7, 11) is 0. The molecule has 0 aliphatic carbocycles. The molecule has 92 valence electrons. The minimum Gasteiger partial charge on any atom is -0.378 e. The lowest BCUT2D eigenvalue weighted by Gasteiger charge is -2.27. The number of rotatable bonds is 3. The van der Waals surface area contributed by atoms with Crippen LogP contribution in [0.15, 0.2) is 18.3 Å². The molecular formula is C11H14ClN3O2. The van der Waals surface area contributed by atoms with Crippen LogP contribution in [0.2, 0.25) is 0 Å². The highest BCUT2D eigenvalue weighted by Crippen LogP contribution is 2.15. The smallest absolute Gasteiger partial charge is 0.239 e. The fourth-order valence-corrected chi connectivity index (χ4v) is 1.70. The number of hydrogen-bond donors (Lipinski definition) is 1. The van der Waals surface area contributed by atoms with Crippen LogP contribution < -0.4 is 10.2 Å². The molecule has 0 spiro atoms. The number of pyridine rings is 1. The van der Waals surface area contributed by atoms with Crippen molar-refractivity contribution < 1.29 is 9.53 Å². The molecule has 17 heavy (non-hydrogen) atoms. The van der Waals surface area contributed by atoms with Crippen molar-refractivity contribution in [1.82, 2.24) is 4.98 Å². The Hall–Kier alpha value is -1.33. The van der Waals surface area contributed by atoms with Gasteiger partial charge in [0.15, 0.2) is 0 Å². The third-order valence-electron chi connectivity index (χ3n) is 2.49. The molecule has 1 aromatic heterocycles. The Kier molecular flexibility index (Phi) is 4.17. The lowest BCUT2D eigenvalue weighted by molar-refractivity contribution is -0.113. The van der Waals surface area contributed by atoms with Crippen LogP contribution in [0, 0.1) is 0 Å². The van der Waals surface area contributed by atoms with Crippen LogP contribution in [0.1, 0.15) is 0 Å². The van der Waals surface area contributed by atoms with Gasteiger partial charge in [0.25, 0.3) is 0 Å². The largest absolute Gasteiger partial charge is 0.378 e. The van der Waals surface area contributed by atoms with Crippen molar-refractivity contribution in [3.8, 4) is 0 Å². The Morgan fingerprint density at radius 1 is 1.47 bits per heavy atom. The van der Waals surface area contributed by atoms with Gasteiger partial charge in [0.1, 0.15) is 11.7 Å². The van der Waals surface area contributed by atoms with Crippen molar-refractivity contribution in [2.24, 2.45) is 0 Å². The van der Waals surface area contributed by atoms with Crippen LogP contribution in [0.5, 0.6) is 0 Å². The highest BCUT2D eigenvalue weighted by Gasteiger charge is 2.12. The van der Waals surface area contributed by atoms with Gasteiger partial charge in [0, 0.05) is 13.1 Å². The second-order valence-electron chi connectivity index (χ2n) is 3.69. The maximum Gasteiger partial charge on any atom is 0.239 e. The summed E-state index contributed by atoms with van der Waals surface area (Å²) in [6, 6.07) is 3.71. The van der Waals surface area contributed by atoms with Gasteiger partial charge in [-0.3, -0.25) is 4.79 Å². The number of morpholine rings is 1. The summed E-state index contributed by atoms with van der Waals surface area (Å²) in [5.74, 6) is 0.621. The molecule has 1 saturated heterocycles. The Morgan fingerprint density at radius 3 is 2.82 bits per heavy atom. The number of halogens is 1. The molecule has 0 aromatic carbocycles. The second-order valence-corrected chi connectivity index (χ2v) is 3.95. The van der Waals surface area contributed by atoms with Gasteiger partial charge in [-0.1, -0.05) is 0 Å². The fourth-order valence-electron chi connectivity index (χ4n) is 1.63.